The third-order valence-corrected chi connectivity index (χ3v) is 3.86. The second kappa shape index (κ2) is 5.47. The third-order valence-electron chi connectivity index (χ3n) is 3.29. The number of hydrogen-bond donors (Lipinski definition) is 0. The van der Waals surface area contributed by atoms with Gasteiger partial charge in [0.15, 0.2) is 5.78 Å². The smallest absolute Gasteiger partial charge is 0.196 e. The van der Waals surface area contributed by atoms with Crippen LogP contribution in [0.4, 0.5) is 4.39 Å². The summed E-state index contributed by atoms with van der Waals surface area (Å²) in [6, 6.07) is 14.5. The SMILES string of the molecule is O=C(c1ccc(Cl)cc1F)c1ccc(Cl)c2ccccc12. The lowest BCUT2D eigenvalue weighted by Gasteiger charge is -2.08. The zero-order valence-electron chi connectivity index (χ0n) is 10.7. The average molecular weight is 319 g/mol. The molecule has 3 rings (SSSR count). The van der Waals surface area contributed by atoms with E-state index in [9.17, 15) is 9.18 Å². The van der Waals surface area contributed by atoms with Crippen molar-refractivity contribution >= 4 is 39.8 Å². The summed E-state index contributed by atoms with van der Waals surface area (Å²) in [5.41, 5.74) is 0.406. The number of benzene rings is 3. The van der Waals surface area contributed by atoms with Crippen LogP contribution < -0.4 is 0 Å². The van der Waals surface area contributed by atoms with Gasteiger partial charge in [0.2, 0.25) is 0 Å². The van der Waals surface area contributed by atoms with Crippen LogP contribution in [0.1, 0.15) is 15.9 Å². The normalized spacial score (nSPS) is 10.8. The lowest BCUT2D eigenvalue weighted by Crippen LogP contribution is -2.05. The van der Waals surface area contributed by atoms with Crippen molar-refractivity contribution in [2.75, 3.05) is 0 Å². The van der Waals surface area contributed by atoms with E-state index in [1.807, 2.05) is 18.2 Å². The maximum atomic E-state index is 13.9. The van der Waals surface area contributed by atoms with Gasteiger partial charge in [-0.2, -0.15) is 0 Å². The van der Waals surface area contributed by atoms with Gasteiger partial charge in [0.05, 0.1) is 5.56 Å². The highest BCUT2D eigenvalue weighted by molar-refractivity contribution is 6.36. The molecule has 0 aliphatic heterocycles. The van der Waals surface area contributed by atoms with Gasteiger partial charge in [-0.3, -0.25) is 4.79 Å². The summed E-state index contributed by atoms with van der Waals surface area (Å²) in [5.74, 6) is -1.02. The first-order valence-electron chi connectivity index (χ1n) is 6.25. The minimum Gasteiger partial charge on any atom is -0.288 e. The topological polar surface area (TPSA) is 17.1 Å². The molecule has 1 nitrogen and oxygen atoms in total. The predicted molar refractivity (Wildman–Crippen MR) is 83.8 cm³/mol. The largest absolute Gasteiger partial charge is 0.288 e. The summed E-state index contributed by atoms with van der Waals surface area (Å²) in [6.07, 6.45) is 0. The monoisotopic (exact) mass is 318 g/mol. The van der Waals surface area contributed by atoms with E-state index < -0.39 is 11.6 Å². The van der Waals surface area contributed by atoms with Gasteiger partial charge in [-0.05, 0) is 35.7 Å². The van der Waals surface area contributed by atoms with Crippen LogP contribution in [0.25, 0.3) is 10.8 Å². The summed E-state index contributed by atoms with van der Waals surface area (Å²) in [4.78, 5) is 12.6. The van der Waals surface area contributed by atoms with Crippen molar-refractivity contribution in [3.63, 3.8) is 0 Å². The summed E-state index contributed by atoms with van der Waals surface area (Å²) in [5, 5.41) is 2.27. The molecule has 0 amide bonds. The first kappa shape index (κ1) is 14.1. The molecule has 0 radical (unpaired) electrons. The number of carbonyl (C=O) groups excluding carboxylic acids is 1. The highest BCUT2D eigenvalue weighted by Crippen LogP contribution is 2.28. The van der Waals surface area contributed by atoms with Crippen LogP contribution in [0, 0.1) is 5.82 Å². The summed E-state index contributed by atoms with van der Waals surface area (Å²) >= 11 is 11.8. The molecule has 0 bridgehead atoms. The maximum Gasteiger partial charge on any atom is 0.196 e. The molecule has 0 saturated heterocycles. The van der Waals surface area contributed by atoms with Crippen LogP contribution in [-0.4, -0.2) is 5.78 Å². The van der Waals surface area contributed by atoms with Gasteiger partial charge in [0.1, 0.15) is 5.82 Å². The first-order chi connectivity index (χ1) is 10.1. The Morgan fingerprint density at radius 2 is 1.52 bits per heavy atom. The minimum atomic E-state index is -0.633. The summed E-state index contributed by atoms with van der Waals surface area (Å²) in [6.45, 7) is 0. The van der Waals surface area contributed by atoms with E-state index in [4.69, 9.17) is 23.2 Å². The van der Waals surface area contributed by atoms with Crippen molar-refractivity contribution in [3.05, 3.63) is 81.6 Å². The number of halogens is 3. The van der Waals surface area contributed by atoms with E-state index in [1.54, 1.807) is 18.2 Å². The molecule has 0 atom stereocenters. The van der Waals surface area contributed by atoms with Gasteiger partial charge >= 0.3 is 0 Å². The van der Waals surface area contributed by atoms with Gasteiger partial charge in [-0.15, -0.1) is 0 Å². The average Bonchev–Trinajstić information content (AvgIpc) is 2.47. The third kappa shape index (κ3) is 2.53. The van der Waals surface area contributed by atoms with Crippen LogP contribution in [0.2, 0.25) is 10.0 Å². The highest BCUT2D eigenvalue weighted by Gasteiger charge is 2.17. The molecule has 3 aromatic rings. The number of carbonyl (C=O) groups is 1. The number of rotatable bonds is 2. The molecule has 0 fully saturated rings. The van der Waals surface area contributed by atoms with Crippen LogP contribution in [-0.2, 0) is 0 Å². The Morgan fingerprint density at radius 1 is 0.857 bits per heavy atom. The highest BCUT2D eigenvalue weighted by atomic mass is 35.5. The second-order valence-electron chi connectivity index (χ2n) is 4.59. The Morgan fingerprint density at radius 3 is 2.24 bits per heavy atom. The molecule has 0 aliphatic rings. The number of ketones is 1. The van der Waals surface area contributed by atoms with E-state index in [1.165, 1.54) is 12.1 Å². The molecule has 21 heavy (non-hydrogen) atoms. The number of fused-ring (bicyclic) bond motifs is 1. The van der Waals surface area contributed by atoms with Gasteiger partial charge in [0, 0.05) is 21.0 Å². The maximum absolute atomic E-state index is 13.9. The quantitative estimate of drug-likeness (QED) is 0.569. The lowest BCUT2D eigenvalue weighted by molar-refractivity contribution is 0.103. The van der Waals surface area contributed by atoms with Gasteiger partial charge in [-0.25, -0.2) is 4.39 Å². The molecule has 0 aliphatic carbocycles. The van der Waals surface area contributed by atoms with Crippen LogP contribution in [0.5, 0.6) is 0 Å². The lowest BCUT2D eigenvalue weighted by atomic mass is 9.97. The fourth-order valence-electron chi connectivity index (χ4n) is 2.28. The van der Waals surface area contributed by atoms with Gasteiger partial charge in [0.25, 0.3) is 0 Å². The zero-order valence-corrected chi connectivity index (χ0v) is 12.3. The predicted octanol–water partition coefficient (Wildman–Crippen LogP) is 5.52. The Hall–Kier alpha value is -1.90. The summed E-state index contributed by atoms with van der Waals surface area (Å²) in [7, 11) is 0. The molecule has 0 spiro atoms. The molecular weight excluding hydrogens is 310 g/mol. The molecule has 0 heterocycles. The molecule has 0 saturated carbocycles. The minimum absolute atomic E-state index is 0.00752. The van der Waals surface area contributed by atoms with Crippen molar-refractivity contribution in [2.24, 2.45) is 0 Å². The number of hydrogen-bond acceptors (Lipinski definition) is 1. The van der Waals surface area contributed by atoms with Crippen LogP contribution in [0.3, 0.4) is 0 Å². The molecule has 104 valence electrons. The summed E-state index contributed by atoms with van der Waals surface area (Å²) < 4.78 is 13.9. The Labute approximate surface area is 130 Å². The molecule has 0 unspecified atom stereocenters. The van der Waals surface area contributed by atoms with Crippen LogP contribution >= 0.6 is 23.2 Å². The van der Waals surface area contributed by atoms with Crippen molar-refractivity contribution < 1.29 is 9.18 Å². The molecular formula is C17H9Cl2FO. The molecule has 3 aromatic carbocycles. The van der Waals surface area contributed by atoms with Crippen molar-refractivity contribution in [2.45, 2.75) is 0 Å². The molecule has 4 heteroatoms. The van der Waals surface area contributed by atoms with E-state index >= 15 is 0 Å². The Kier molecular flexibility index (Phi) is 3.66. The Balaban J connectivity index is 2.21. The standard InChI is InChI=1S/C17H9Cl2FO/c18-10-5-6-14(16(20)9-10)17(21)13-7-8-15(19)12-4-2-1-3-11(12)13/h1-9H. The molecule has 0 aromatic heterocycles. The zero-order chi connectivity index (χ0) is 15.0. The van der Waals surface area contributed by atoms with E-state index in [2.05, 4.69) is 0 Å². The molecule has 0 N–H and O–H groups in total. The fraction of sp³-hybridized carbons (Fsp3) is 0. The van der Waals surface area contributed by atoms with E-state index in [0.717, 1.165) is 11.5 Å². The van der Waals surface area contributed by atoms with Crippen molar-refractivity contribution in [1.82, 2.24) is 0 Å². The van der Waals surface area contributed by atoms with E-state index in [-0.39, 0.29) is 10.6 Å². The van der Waals surface area contributed by atoms with Gasteiger partial charge in [-0.1, -0.05) is 47.5 Å². The second-order valence-corrected chi connectivity index (χ2v) is 5.44. The fourth-order valence-corrected chi connectivity index (χ4v) is 2.67. The van der Waals surface area contributed by atoms with Crippen LogP contribution in [0.15, 0.2) is 54.6 Å². The van der Waals surface area contributed by atoms with E-state index in [0.29, 0.717) is 16.0 Å². The van der Waals surface area contributed by atoms with Crippen molar-refractivity contribution in [3.8, 4) is 0 Å². The van der Waals surface area contributed by atoms with Crippen molar-refractivity contribution in [1.29, 1.82) is 0 Å². The first-order valence-corrected chi connectivity index (χ1v) is 7.00. The van der Waals surface area contributed by atoms with Gasteiger partial charge < -0.3 is 0 Å². The Bertz CT molecular complexity index is 859.